The van der Waals surface area contributed by atoms with Gasteiger partial charge in [0, 0.05) is 5.56 Å². The van der Waals surface area contributed by atoms with Gasteiger partial charge < -0.3 is 4.74 Å². The van der Waals surface area contributed by atoms with E-state index in [0.29, 0.717) is 11.3 Å². The molecule has 0 radical (unpaired) electrons. The van der Waals surface area contributed by atoms with Gasteiger partial charge in [-0.2, -0.15) is 0 Å². The first-order valence-corrected chi connectivity index (χ1v) is 8.16. The second kappa shape index (κ2) is 6.62. The molecule has 1 aliphatic rings. The van der Waals surface area contributed by atoms with Crippen LogP contribution < -0.4 is 0 Å². The minimum Gasteiger partial charge on any atom is -0.422 e. The van der Waals surface area contributed by atoms with Gasteiger partial charge in [0.2, 0.25) is 0 Å². The Labute approximate surface area is 146 Å². The summed E-state index contributed by atoms with van der Waals surface area (Å²) in [7, 11) is 0. The SMILES string of the molecule is O=C1OC(c2ccc(-c3ccccc3)cc2)=CC1=Cc1ccccc1. The van der Waals surface area contributed by atoms with Gasteiger partial charge >= 0.3 is 5.97 Å². The number of carbonyl (C=O) groups excluding carboxylic acids is 1. The Balaban J connectivity index is 1.61. The molecule has 3 aromatic carbocycles. The molecule has 0 fully saturated rings. The fourth-order valence-corrected chi connectivity index (χ4v) is 2.82. The molecule has 0 amide bonds. The van der Waals surface area contributed by atoms with Gasteiger partial charge in [0.1, 0.15) is 5.76 Å². The molecule has 0 bridgehead atoms. The molecule has 0 aliphatic carbocycles. The number of esters is 1. The van der Waals surface area contributed by atoms with Crippen LogP contribution in [0.3, 0.4) is 0 Å². The highest BCUT2D eigenvalue weighted by Gasteiger charge is 2.21. The van der Waals surface area contributed by atoms with Crippen LogP contribution >= 0.6 is 0 Å². The van der Waals surface area contributed by atoms with E-state index in [1.807, 2.05) is 78.9 Å². The largest absolute Gasteiger partial charge is 0.422 e. The first-order valence-electron chi connectivity index (χ1n) is 8.16. The monoisotopic (exact) mass is 324 g/mol. The maximum absolute atomic E-state index is 12.1. The normalized spacial score (nSPS) is 15.1. The lowest BCUT2D eigenvalue weighted by molar-refractivity contribution is -0.130. The molecule has 25 heavy (non-hydrogen) atoms. The summed E-state index contributed by atoms with van der Waals surface area (Å²) in [6, 6.07) is 28.0. The van der Waals surface area contributed by atoms with Crippen LogP contribution in [0.5, 0.6) is 0 Å². The predicted molar refractivity (Wildman–Crippen MR) is 100 cm³/mol. The molecule has 0 spiro atoms. The number of benzene rings is 3. The number of hydrogen-bond donors (Lipinski definition) is 0. The Morgan fingerprint density at radius 3 is 1.88 bits per heavy atom. The Hall–Kier alpha value is -3.39. The van der Waals surface area contributed by atoms with Gasteiger partial charge in [0.05, 0.1) is 5.57 Å². The first kappa shape index (κ1) is 15.2. The van der Waals surface area contributed by atoms with Gasteiger partial charge in [-0.25, -0.2) is 4.79 Å². The topological polar surface area (TPSA) is 26.3 Å². The van der Waals surface area contributed by atoms with Crippen LogP contribution in [0.15, 0.2) is 96.6 Å². The average molecular weight is 324 g/mol. The van der Waals surface area contributed by atoms with Crippen molar-refractivity contribution in [3.05, 3.63) is 108 Å². The summed E-state index contributed by atoms with van der Waals surface area (Å²) in [5.74, 6) is 0.276. The smallest absolute Gasteiger partial charge is 0.343 e. The second-order valence-electron chi connectivity index (χ2n) is 5.85. The molecule has 1 aliphatic heterocycles. The third kappa shape index (κ3) is 3.29. The fraction of sp³-hybridized carbons (Fsp3) is 0. The summed E-state index contributed by atoms with van der Waals surface area (Å²) >= 11 is 0. The molecule has 0 unspecified atom stereocenters. The number of rotatable bonds is 3. The molecule has 0 saturated heterocycles. The zero-order valence-electron chi connectivity index (χ0n) is 13.6. The van der Waals surface area contributed by atoms with Crippen LogP contribution in [0.2, 0.25) is 0 Å². The highest BCUT2D eigenvalue weighted by molar-refractivity contribution is 6.05. The van der Waals surface area contributed by atoms with Crippen molar-refractivity contribution in [2.24, 2.45) is 0 Å². The van der Waals surface area contributed by atoms with Gasteiger partial charge in [-0.1, -0.05) is 84.9 Å². The molecule has 1 heterocycles. The second-order valence-corrected chi connectivity index (χ2v) is 5.85. The van der Waals surface area contributed by atoms with Crippen molar-refractivity contribution in [1.82, 2.24) is 0 Å². The predicted octanol–water partition coefficient (Wildman–Crippen LogP) is 5.33. The van der Waals surface area contributed by atoms with E-state index < -0.39 is 0 Å². The van der Waals surface area contributed by atoms with E-state index in [2.05, 4.69) is 12.1 Å². The first-order chi connectivity index (χ1) is 12.3. The van der Waals surface area contributed by atoms with Gasteiger partial charge in [-0.15, -0.1) is 0 Å². The van der Waals surface area contributed by atoms with Crippen LogP contribution in [-0.4, -0.2) is 5.97 Å². The van der Waals surface area contributed by atoms with E-state index in [1.54, 1.807) is 6.08 Å². The molecular formula is C23H16O2. The van der Waals surface area contributed by atoms with Crippen molar-refractivity contribution in [1.29, 1.82) is 0 Å². The summed E-state index contributed by atoms with van der Waals surface area (Å²) in [6.07, 6.45) is 3.64. The van der Waals surface area contributed by atoms with E-state index in [1.165, 1.54) is 0 Å². The molecule has 3 aromatic rings. The molecular weight excluding hydrogens is 308 g/mol. The molecule has 120 valence electrons. The molecule has 0 aromatic heterocycles. The highest BCUT2D eigenvalue weighted by Crippen LogP contribution is 2.29. The van der Waals surface area contributed by atoms with Crippen LogP contribution in [0.1, 0.15) is 11.1 Å². The van der Waals surface area contributed by atoms with Crippen molar-refractivity contribution in [2.45, 2.75) is 0 Å². The molecule has 2 nitrogen and oxygen atoms in total. The summed E-state index contributed by atoms with van der Waals surface area (Å²) in [4.78, 5) is 12.1. The van der Waals surface area contributed by atoms with E-state index >= 15 is 0 Å². The standard InChI is InChI=1S/C23H16O2/c24-23-21(15-17-7-3-1-4-8-17)16-22(25-23)20-13-11-19(12-14-20)18-9-5-2-6-10-18/h1-16H. The third-order valence-corrected chi connectivity index (χ3v) is 4.12. The van der Waals surface area contributed by atoms with Crippen LogP contribution in [0.25, 0.3) is 23.0 Å². The van der Waals surface area contributed by atoms with Crippen molar-refractivity contribution < 1.29 is 9.53 Å². The molecule has 0 atom stereocenters. The van der Waals surface area contributed by atoms with Gasteiger partial charge in [-0.3, -0.25) is 0 Å². The summed E-state index contributed by atoms with van der Waals surface area (Å²) in [6.45, 7) is 0. The van der Waals surface area contributed by atoms with Crippen molar-refractivity contribution in [3.63, 3.8) is 0 Å². The van der Waals surface area contributed by atoms with Crippen molar-refractivity contribution in [3.8, 4) is 11.1 Å². The van der Waals surface area contributed by atoms with E-state index in [0.717, 1.165) is 22.3 Å². The Morgan fingerprint density at radius 1 is 0.640 bits per heavy atom. The number of carbonyl (C=O) groups is 1. The lowest BCUT2D eigenvalue weighted by Crippen LogP contribution is -1.97. The molecule has 0 saturated carbocycles. The van der Waals surface area contributed by atoms with Crippen LogP contribution in [-0.2, 0) is 9.53 Å². The number of hydrogen-bond acceptors (Lipinski definition) is 2. The molecule has 0 N–H and O–H groups in total. The lowest BCUT2D eigenvalue weighted by Gasteiger charge is -2.04. The van der Waals surface area contributed by atoms with Gasteiger partial charge in [-0.05, 0) is 28.8 Å². The van der Waals surface area contributed by atoms with Gasteiger partial charge in [0.25, 0.3) is 0 Å². The molecule has 2 heteroatoms. The Bertz CT molecular complexity index is 950. The van der Waals surface area contributed by atoms with Gasteiger partial charge in [0.15, 0.2) is 0 Å². The van der Waals surface area contributed by atoms with Crippen molar-refractivity contribution >= 4 is 17.8 Å². The maximum Gasteiger partial charge on any atom is 0.343 e. The number of cyclic esters (lactones) is 1. The van der Waals surface area contributed by atoms with E-state index in [-0.39, 0.29) is 5.97 Å². The fourth-order valence-electron chi connectivity index (χ4n) is 2.82. The van der Waals surface area contributed by atoms with Crippen LogP contribution in [0.4, 0.5) is 0 Å². The summed E-state index contributed by atoms with van der Waals surface area (Å²) < 4.78 is 5.43. The Morgan fingerprint density at radius 2 is 1.20 bits per heavy atom. The third-order valence-electron chi connectivity index (χ3n) is 4.12. The Kier molecular flexibility index (Phi) is 4.01. The lowest BCUT2D eigenvalue weighted by atomic mass is 10.0. The zero-order valence-corrected chi connectivity index (χ0v) is 13.6. The summed E-state index contributed by atoms with van der Waals surface area (Å²) in [5, 5.41) is 0. The number of ether oxygens (including phenoxy) is 1. The maximum atomic E-state index is 12.1. The quantitative estimate of drug-likeness (QED) is 0.480. The van der Waals surface area contributed by atoms with E-state index in [4.69, 9.17) is 4.74 Å². The van der Waals surface area contributed by atoms with Crippen LogP contribution in [0, 0.1) is 0 Å². The van der Waals surface area contributed by atoms with Crippen molar-refractivity contribution in [2.75, 3.05) is 0 Å². The average Bonchev–Trinajstić information content (AvgIpc) is 3.04. The minimum atomic E-state index is -0.314. The minimum absolute atomic E-state index is 0.314. The molecule has 4 rings (SSSR count). The zero-order chi connectivity index (χ0) is 17.1. The summed E-state index contributed by atoms with van der Waals surface area (Å²) in [5.41, 5.74) is 4.73. The van der Waals surface area contributed by atoms with E-state index in [9.17, 15) is 4.79 Å². The highest BCUT2D eigenvalue weighted by atomic mass is 16.5.